The van der Waals surface area contributed by atoms with Crippen LogP contribution in [0.2, 0.25) is 0 Å². The standard InChI is InChI=1S/C16H21NO4/c1-11-4-3-5-14(10-11)20-9-8-15(18)21-12(2)16(19)17-13-6-7-13/h3-5,10,12-13H,6-9H2,1-2H3,(H,17,19)/t12-/m1/s1. The highest BCUT2D eigenvalue weighted by molar-refractivity contribution is 5.83. The van der Waals surface area contributed by atoms with E-state index in [-0.39, 0.29) is 25.0 Å². The fraction of sp³-hybridized carbons (Fsp3) is 0.500. The summed E-state index contributed by atoms with van der Waals surface area (Å²) in [4.78, 5) is 23.3. The van der Waals surface area contributed by atoms with E-state index in [1.165, 1.54) is 0 Å². The largest absolute Gasteiger partial charge is 0.493 e. The van der Waals surface area contributed by atoms with Crippen molar-refractivity contribution in [3.05, 3.63) is 29.8 Å². The minimum absolute atomic E-state index is 0.120. The smallest absolute Gasteiger partial charge is 0.310 e. The maximum Gasteiger partial charge on any atom is 0.310 e. The molecule has 1 aromatic rings. The van der Waals surface area contributed by atoms with E-state index in [9.17, 15) is 9.59 Å². The van der Waals surface area contributed by atoms with Crippen molar-refractivity contribution in [1.29, 1.82) is 0 Å². The molecule has 5 heteroatoms. The van der Waals surface area contributed by atoms with E-state index < -0.39 is 12.1 Å². The Labute approximate surface area is 124 Å². The zero-order valence-electron chi connectivity index (χ0n) is 12.4. The molecule has 1 amide bonds. The van der Waals surface area contributed by atoms with Gasteiger partial charge in [-0.25, -0.2) is 0 Å². The Morgan fingerprint density at radius 3 is 2.81 bits per heavy atom. The first-order chi connectivity index (χ1) is 10.0. The molecule has 1 aliphatic carbocycles. The normalized spacial score (nSPS) is 15.1. The number of nitrogens with one attached hydrogen (secondary N) is 1. The van der Waals surface area contributed by atoms with E-state index in [1.54, 1.807) is 6.92 Å². The fourth-order valence-corrected chi connectivity index (χ4v) is 1.81. The Balaban J connectivity index is 1.65. The minimum atomic E-state index is -0.753. The lowest BCUT2D eigenvalue weighted by atomic mass is 10.2. The molecular weight excluding hydrogens is 270 g/mol. The highest BCUT2D eigenvalue weighted by Crippen LogP contribution is 2.18. The quantitative estimate of drug-likeness (QED) is 0.780. The van der Waals surface area contributed by atoms with Crippen molar-refractivity contribution in [2.45, 2.75) is 45.3 Å². The van der Waals surface area contributed by atoms with Gasteiger partial charge in [-0.1, -0.05) is 12.1 Å². The minimum Gasteiger partial charge on any atom is -0.493 e. The lowest BCUT2D eigenvalue weighted by molar-refractivity contribution is -0.155. The Hall–Kier alpha value is -2.04. The number of carbonyl (C=O) groups is 2. The number of ether oxygens (including phenoxy) is 2. The zero-order chi connectivity index (χ0) is 15.2. The van der Waals surface area contributed by atoms with Crippen LogP contribution in [0.5, 0.6) is 5.75 Å². The van der Waals surface area contributed by atoms with Gasteiger partial charge in [-0.05, 0) is 44.4 Å². The van der Waals surface area contributed by atoms with Crippen LogP contribution in [0.4, 0.5) is 0 Å². The monoisotopic (exact) mass is 291 g/mol. The third-order valence-electron chi connectivity index (χ3n) is 3.17. The van der Waals surface area contributed by atoms with E-state index in [2.05, 4.69) is 5.32 Å². The molecule has 2 rings (SSSR count). The number of carbonyl (C=O) groups excluding carboxylic acids is 2. The second-order valence-electron chi connectivity index (χ2n) is 5.33. The van der Waals surface area contributed by atoms with Crippen molar-refractivity contribution in [2.75, 3.05) is 6.61 Å². The van der Waals surface area contributed by atoms with Crippen LogP contribution in [-0.4, -0.2) is 30.6 Å². The Morgan fingerprint density at radius 1 is 1.38 bits per heavy atom. The lowest BCUT2D eigenvalue weighted by Crippen LogP contribution is -2.37. The third kappa shape index (κ3) is 5.45. The van der Waals surface area contributed by atoms with Crippen LogP contribution < -0.4 is 10.1 Å². The summed E-state index contributed by atoms with van der Waals surface area (Å²) in [6, 6.07) is 7.87. The molecule has 5 nitrogen and oxygen atoms in total. The number of aryl methyl sites for hydroxylation is 1. The van der Waals surface area contributed by atoms with Crippen molar-refractivity contribution < 1.29 is 19.1 Å². The summed E-state index contributed by atoms with van der Waals surface area (Å²) in [5, 5.41) is 2.80. The molecule has 0 bridgehead atoms. The third-order valence-corrected chi connectivity index (χ3v) is 3.17. The number of benzene rings is 1. The highest BCUT2D eigenvalue weighted by atomic mass is 16.5. The van der Waals surface area contributed by atoms with E-state index in [0.717, 1.165) is 24.2 Å². The number of hydrogen-bond donors (Lipinski definition) is 1. The van der Waals surface area contributed by atoms with Crippen molar-refractivity contribution in [1.82, 2.24) is 5.32 Å². The molecule has 0 aromatic heterocycles. The van der Waals surface area contributed by atoms with Gasteiger partial charge in [0.25, 0.3) is 5.91 Å². The van der Waals surface area contributed by atoms with Gasteiger partial charge in [0.05, 0.1) is 13.0 Å². The molecule has 0 radical (unpaired) electrons. The maximum atomic E-state index is 11.6. The molecule has 1 aromatic carbocycles. The van der Waals surface area contributed by atoms with Crippen molar-refractivity contribution in [2.24, 2.45) is 0 Å². The number of hydrogen-bond acceptors (Lipinski definition) is 4. The van der Waals surface area contributed by atoms with Crippen LogP contribution in [0, 0.1) is 6.92 Å². The van der Waals surface area contributed by atoms with Crippen molar-refractivity contribution >= 4 is 11.9 Å². The highest BCUT2D eigenvalue weighted by Gasteiger charge is 2.27. The van der Waals surface area contributed by atoms with Crippen molar-refractivity contribution in [3.8, 4) is 5.75 Å². The molecule has 1 aliphatic rings. The Kier molecular flexibility index (Phi) is 5.20. The molecular formula is C16H21NO4. The fourth-order valence-electron chi connectivity index (χ4n) is 1.81. The summed E-state index contributed by atoms with van der Waals surface area (Å²) in [5.41, 5.74) is 1.10. The predicted molar refractivity (Wildman–Crippen MR) is 78.0 cm³/mol. The van der Waals surface area contributed by atoms with Gasteiger partial charge in [0.1, 0.15) is 5.75 Å². The molecule has 114 valence electrons. The lowest BCUT2D eigenvalue weighted by Gasteiger charge is -2.13. The Bertz CT molecular complexity index is 511. The molecule has 21 heavy (non-hydrogen) atoms. The SMILES string of the molecule is Cc1cccc(OCCC(=O)O[C@H](C)C(=O)NC2CC2)c1. The maximum absolute atomic E-state index is 11.6. The summed E-state index contributed by atoms with van der Waals surface area (Å²) in [7, 11) is 0. The molecule has 0 saturated heterocycles. The van der Waals surface area contributed by atoms with Crippen LogP contribution in [-0.2, 0) is 14.3 Å². The summed E-state index contributed by atoms with van der Waals surface area (Å²) < 4.78 is 10.5. The van der Waals surface area contributed by atoms with E-state index in [4.69, 9.17) is 9.47 Å². The molecule has 0 aliphatic heterocycles. The molecule has 1 N–H and O–H groups in total. The van der Waals surface area contributed by atoms with Gasteiger partial charge < -0.3 is 14.8 Å². The predicted octanol–water partition coefficient (Wildman–Crippen LogP) is 1.97. The summed E-state index contributed by atoms with van der Waals surface area (Å²) in [6.45, 7) is 3.79. The van der Waals surface area contributed by atoms with Gasteiger partial charge in [-0.2, -0.15) is 0 Å². The first kappa shape index (κ1) is 15.4. The molecule has 1 fully saturated rings. The number of rotatable bonds is 7. The second kappa shape index (κ2) is 7.11. The van der Waals surface area contributed by atoms with Crippen LogP contribution in [0.3, 0.4) is 0 Å². The van der Waals surface area contributed by atoms with Crippen LogP contribution in [0.25, 0.3) is 0 Å². The molecule has 0 unspecified atom stereocenters. The first-order valence-electron chi connectivity index (χ1n) is 7.24. The van der Waals surface area contributed by atoms with Crippen LogP contribution >= 0.6 is 0 Å². The van der Waals surface area contributed by atoms with Crippen LogP contribution in [0.1, 0.15) is 31.7 Å². The van der Waals surface area contributed by atoms with Gasteiger partial charge in [0.15, 0.2) is 6.10 Å². The summed E-state index contributed by atoms with van der Waals surface area (Å²) in [6.07, 6.45) is 1.39. The molecule has 1 atom stereocenters. The Morgan fingerprint density at radius 2 is 2.14 bits per heavy atom. The first-order valence-corrected chi connectivity index (χ1v) is 7.24. The van der Waals surface area contributed by atoms with Gasteiger partial charge in [-0.3, -0.25) is 9.59 Å². The van der Waals surface area contributed by atoms with E-state index >= 15 is 0 Å². The average molecular weight is 291 g/mol. The van der Waals surface area contributed by atoms with E-state index in [1.807, 2.05) is 31.2 Å². The van der Waals surface area contributed by atoms with Gasteiger partial charge in [0, 0.05) is 6.04 Å². The molecule has 0 spiro atoms. The van der Waals surface area contributed by atoms with Gasteiger partial charge in [-0.15, -0.1) is 0 Å². The average Bonchev–Trinajstić information content (AvgIpc) is 3.22. The van der Waals surface area contributed by atoms with Gasteiger partial charge in [0.2, 0.25) is 0 Å². The number of amides is 1. The molecule has 1 saturated carbocycles. The van der Waals surface area contributed by atoms with Gasteiger partial charge >= 0.3 is 5.97 Å². The van der Waals surface area contributed by atoms with E-state index in [0.29, 0.717) is 0 Å². The number of esters is 1. The zero-order valence-corrected chi connectivity index (χ0v) is 12.4. The molecule has 0 heterocycles. The summed E-state index contributed by atoms with van der Waals surface area (Å²) in [5.74, 6) is 0.0638. The topological polar surface area (TPSA) is 64.6 Å². The van der Waals surface area contributed by atoms with Crippen molar-refractivity contribution in [3.63, 3.8) is 0 Å². The second-order valence-corrected chi connectivity index (χ2v) is 5.33. The summed E-state index contributed by atoms with van der Waals surface area (Å²) >= 11 is 0. The van der Waals surface area contributed by atoms with Crippen LogP contribution in [0.15, 0.2) is 24.3 Å².